The van der Waals surface area contributed by atoms with Crippen molar-refractivity contribution in [2.75, 3.05) is 0 Å². The minimum atomic E-state index is 0.465. The summed E-state index contributed by atoms with van der Waals surface area (Å²) in [5.74, 6) is 0. The van der Waals surface area contributed by atoms with Crippen LogP contribution in [-0.4, -0.2) is 0 Å². The van der Waals surface area contributed by atoms with E-state index >= 15 is 0 Å². The van der Waals surface area contributed by atoms with Crippen LogP contribution in [0.1, 0.15) is 6.92 Å². The van der Waals surface area contributed by atoms with E-state index in [0.717, 1.165) is 0 Å². The number of rotatable bonds is 1. The number of hydrogen-bond donors (Lipinski definition) is 0. The molecular formula is C5H6Cl2. The van der Waals surface area contributed by atoms with Gasteiger partial charge in [-0.1, -0.05) is 29.8 Å². The van der Waals surface area contributed by atoms with Gasteiger partial charge in [-0.3, -0.25) is 0 Å². The van der Waals surface area contributed by atoms with Gasteiger partial charge in [0.2, 0.25) is 0 Å². The molecule has 0 aromatic carbocycles. The van der Waals surface area contributed by atoms with Gasteiger partial charge >= 0.3 is 0 Å². The molecule has 0 N–H and O–H groups in total. The lowest BCUT2D eigenvalue weighted by molar-refractivity contribution is 1.65. The normalized spacial score (nSPS) is 11.6. The van der Waals surface area contributed by atoms with Crippen molar-refractivity contribution in [2.45, 2.75) is 6.92 Å². The maximum absolute atomic E-state index is 5.39. The molecule has 0 spiro atoms. The van der Waals surface area contributed by atoms with Gasteiger partial charge < -0.3 is 0 Å². The van der Waals surface area contributed by atoms with Gasteiger partial charge in [0.15, 0.2) is 0 Å². The van der Waals surface area contributed by atoms with Crippen LogP contribution in [0.3, 0.4) is 0 Å². The molecule has 0 nitrogen and oxygen atoms in total. The summed E-state index contributed by atoms with van der Waals surface area (Å²) in [4.78, 5) is 0. The molecule has 0 fully saturated rings. The third kappa shape index (κ3) is 6.06. The third-order valence-electron chi connectivity index (χ3n) is 0.356. The van der Waals surface area contributed by atoms with Crippen molar-refractivity contribution in [1.82, 2.24) is 0 Å². The summed E-state index contributed by atoms with van der Waals surface area (Å²) in [6.45, 7) is 5.15. The van der Waals surface area contributed by atoms with Crippen LogP contribution in [0.2, 0.25) is 0 Å². The van der Waals surface area contributed by atoms with Crippen molar-refractivity contribution >= 4 is 23.2 Å². The van der Waals surface area contributed by atoms with Gasteiger partial charge in [0.05, 0.1) is 0 Å². The SMILES string of the molecule is C=C(Cl)/C=C(\C)Cl. The number of halogens is 2. The Morgan fingerprint density at radius 1 is 1.57 bits per heavy atom. The summed E-state index contributed by atoms with van der Waals surface area (Å²) in [6.07, 6.45) is 1.59. The number of hydrogen-bond acceptors (Lipinski definition) is 0. The van der Waals surface area contributed by atoms with Crippen LogP contribution in [0.4, 0.5) is 0 Å². The molecule has 0 aliphatic rings. The fourth-order valence-electron chi connectivity index (χ4n) is 0.216. The van der Waals surface area contributed by atoms with Crippen molar-refractivity contribution in [3.63, 3.8) is 0 Å². The van der Waals surface area contributed by atoms with Gasteiger partial charge in [0.25, 0.3) is 0 Å². The molecule has 0 aliphatic heterocycles. The molecule has 40 valence electrons. The fraction of sp³-hybridized carbons (Fsp3) is 0.200. The lowest BCUT2D eigenvalue weighted by atomic mass is 10.5. The van der Waals surface area contributed by atoms with Crippen molar-refractivity contribution in [1.29, 1.82) is 0 Å². The van der Waals surface area contributed by atoms with E-state index in [9.17, 15) is 0 Å². The lowest BCUT2D eigenvalue weighted by Crippen LogP contribution is -1.57. The molecular weight excluding hydrogens is 131 g/mol. The smallest absolute Gasteiger partial charge is 0.0345 e. The molecule has 0 unspecified atom stereocenters. The summed E-state index contributed by atoms with van der Waals surface area (Å²) >= 11 is 10.7. The molecule has 0 bridgehead atoms. The summed E-state index contributed by atoms with van der Waals surface area (Å²) < 4.78 is 0. The van der Waals surface area contributed by atoms with E-state index in [0.29, 0.717) is 10.1 Å². The van der Waals surface area contributed by atoms with E-state index in [2.05, 4.69) is 6.58 Å². The minimum Gasteiger partial charge on any atom is -0.0894 e. The zero-order chi connectivity index (χ0) is 5.86. The number of allylic oxidation sites excluding steroid dienone is 3. The van der Waals surface area contributed by atoms with Crippen LogP contribution >= 0.6 is 23.2 Å². The van der Waals surface area contributed by atoms with Crippen molar-refractivity contribution < 1.29 is 0 Å². The Kier molecular flexibility index (Phi) is 3.14. The molecule has 0 saturated heterocycles. The van der Waals surface area contributed by atoms with E-state index in [-0.39, 0.29) is 0 Å². The molecule has 0 aromatic rings. The van der Waals surface area contributed by atoms with Gasteiger partial charge in [0.1, 0.15) is 0 Å². The van der Waals surface area contributed by atoms with Crippen molar-refractivity contribution in [3.05, 3.63) is 22.7 Å². The second kappa shape index (κ2) is 3.11. The molecule has 0 aromatic heterocycles. The minimum absolute atomic E-state index is 0.465. The summed E-state index contributed by atoms with van der Waals surface area (Å²) in [5, 5.41) is 1.12. The van der Waals surface area contributed by atoms with Gasteiger partial charge in [-0.2, -0.15) is 0 Å². The van der Waals surface area contributed by atoms with Crippen molar-refractivity contribution in [2.24, 2.45) is 0 Å². The van der Waals surface area contributed by atoms with E-state index in [1.165, 1.54) is 0 Å². The predicted molar refractivity (Wildman–Crippen MR) is 34.6 cm³/mol. The molecule has 7 heavy (non-hydrogen) atoms. The zero-order valence-electron chi connectivity index (χ0n) is 4.04. The average molecular weight is 137 g/mol. The highest BCUT2D eigenvalue weighted by Gasteiger charge is 1.78. The molecule has 0 radical (unpaired) electrons. The standard InChI is InChI=1S/C5H6Cl2/c1-4(6)3-5(2)7/h3H,1H2,2H3/b5-3+. The quantitative estimate of drug-likeness (QED) is 0.487. The molecule has 0 rings (SSSR count). The summed E-state index contributed by atoms with van der Waals surface area (Å²) in [7, 11) is 0. The van der Waals surface area contributed by atoms with E-state index in [1.807, 2.05) is 0 Å². The average Bonchev–Trinajstić information content (AvgIpc) is 1.27. The summed E-state index contributed by atoms with van der Waals surface area (Å²) in [6, 6.07) is 0. The van der Waals surface area contributed by atoms with Gasteiger partial charge in [-0.25, -0.2) is 0 Å². The third-order valence-corrected chi connectivity index (χ3v) is 0.574. The molecule has 0 amide bonds. The summed E-state index contributed by atoms with van der Waals surface area (Å²) in [5.41, 5.74) is 0. The molecule has 0 saturated carbocycles. The highest BCUT2D eigenvalue weighted by atomic mass is 35.5. The first kappa shape index (κ1) is 7.06. The first-order chi connectivity index (χ1) is 3.13. The van der Waals surface area contributed by atoms with E-state index in [4.69, 9.17) is 23.2 Å². The maximum atomic E-state index is 5.39. The molecule has 2 heteroatoms. The Labute approximate surface area is 53.4 Å². The Morgan fingerprint density at radius 3 is 2.00 bits per heavy atom. The van der Waals surface area contributed by atoms with Gasteiger partial charge in [0, 0.05) is 10.1 Å². The second-order valence-corrected chi connectivity index (χ2v) is 2.26. The monoisotopic (exact) mass is 136 g/mol. The first-order valence-corrected chi connectivity index (χ1v) is 2.56. The Hall–Kier alpha value is 0.0600. The van der Waals surface area contributed by atoms with Crippen LogP contribution in [0, 0.1) is 0 Å². The van der Waals surface area contributed by atoms with Crippen LogP contribution in [0.15, 0.2) is 22.7 Å². The first-order valence-electron chi connectivity index (χ1n) is 1.81. The van der Waals surface area contributed by atoms with Crippen LogP contribution in [0.5, 0.6) is 0 Å². The molecule has 0 aliphatic carbocycles. The van der Waals surface area contributed by atoms with Crippen LogP contribution in [-0.2, 0) is 0 Å². The van der Waals surface area contributed by atoms with Crippen LogP contribution < -0.4 is 0 Å². The molecule has 0 heterocycles. The Balaban J connectivity index is 3.68. The highest BCUT2D eigenvalue weighted by molar-refractivity contribution is 6.34. The maximum Gasteiger partial charge on any atom is 0.0345 e. The zero-order valence-corrected chi connectivity index (χ0v) is 5.55. The lowest BCUT2D eigenvalue weighted by Gasteiger charge is -1.80. The highest BCUT2D eigenvalue weighted by Crippen LogP contribution is 2.06. The fourth-order valence-corrected chi connectivity index (χ4v) is 0.567. The molecule has 0 atom stereocenters. The van der Waals surface area contributed by atoms with E-state index < -0.39 is 0 Å². The van der Waals surface area contributed by atoms with Crippen molar-refractivity contribution in [3.8, 4) is 0 Å². The topological polar surface area (TPSA) is 0 Å². The van der Waals surface area contributed by atoms with Gasteiger partial charge in [-0.05, 0) is 13.0 Å². The second-order valence-electron chi connectivity index (χ2n) is 1.18. The van der Waals surface area contributed by atoms with Gasteiger partial charge in [-0.15, -0.1) is 0 Å². The van der Waals surface area contributed by atoms with E-state index in [1.54, 1.807) is 13.0 Å². The Bertz CT molecular complexity index is 98.6. The van der Waals surface area contributed by atoms with Crippen LogP contribution in [0.25, 0.3) is 0 Å². The predicted octanol–water partition coefficient (Wildman–Crippen LogP) is 2.88. The largest absolute Gasteiger partial charge is 0.0894 e. The Morgan fingerprint density at radius 2 is 2.00 bits per heavy atom.